The van der Waals surface area contributed by atoms with Gasteiger partial charge in [0.2, 0.25) is 0 Å². The Labute approximate surface area is 139 Å². The van der Waals surface area contributed by atoms with Crippen molar-refractivity contribution >= 4 is 11.8 Å². The maximum Gasteiger partial charge on any atom is 0.0122 e. The van der Waals surface area contributed by atoms with Crippen LogP contribution in [-0.4, -0.2) is 25.5 Å². The van der Waals surface area contributed by atoms with E-state index in [1.807, 2.05) is 11.8 Å². The maximum absolute atomic E-state index is 2.34. The molecule has 1 nitrogen and oxygen atoms in total. The van der Waals surface area contributed by atoms with Gasteiger partial charge in [-0.2, -0.15) is 0 Å². The van der Waals surface area contributed by atoms with Gasteiger partial charge in [-0.15, -0.1) is 0 Å². The first-order valence-corrected chi connectivity index (χ1v) is 8.94. The zero-order chi connectivity index (χ0) is 15.8. The van der Waals surface area contributed by atoms with Crippen molar-refractivity contribution in [3.8, 4) is 0 Å². The van der Waals surface area contributed by atoms with E-state index in [2.05, 4.69) is 80.5 Å². The second kappa shape index (κ2) is 9.02. The number of rotatable bonds is 8. The van der Waals surface area contributed by atoms with Gasteiger partial charge in [-0.05, 0) is 69.2 Å². The number of nitrogens with zero attached hydrogens (tertiary/aromatic N) is 1. The zero-order valence-corrected chi connectivity index (χ0v) is 14.8. The molecule has 0 radical (unpaired) electrons. The van der Waals surface area contributed by atoms with E-state index in [0.717, 1.165) is 0 Å². The molecule has 0 aliphatic rings. The molecule has 2 aromatic rings. The molecule has 2 aromatic carbocycles. The van der Waals surface area contributed by atoms with Crippen LogP contribution in [0.4, 0.5) is 0 Å². The number of hydrogen-bond acceptors (Lipinski definition) is 2. The van der Waals surface area contributed by atoms with E-state index < -0.39 is 0 Å². The van der Waals surface area contributed by atoms with Crippen LogP contribution in [0.2, 0.25) is 0 Å². The van der Waals surface area contributed by atoms with Gasteiger partial charge in [-0.1, -0.05) is 55.4 Å². The smallest absolute Gasteiger partial charge is 0.0122 e. The fraction of sp³-hybridized carbons (Fsp3) is 0.400. The van der Waals surface area contributed by atoms with Crippen LogP contribution in [0.1, 0.15) is 37.7 Å². The molecule has 0 amide bonds. The predicted octanol–water partition coefficient (Wildman–Crippen LogP) is 5.67. The lowest BCUT2D eigenvalue weighted by molar-refractivity contribution is 0.388. The Morgan fingerprint density at radius 3 is 2.14 bits per heavy atom. The summed E-state index contributed by atoms with van der Waals surface area (Å²) < 4.78 is 0. The highest BCUT2D eigenvalue weighted by Crippen LogP contribution is 2.29. The summed E-state index contributed by atoms with van der Waals surface area (Å²) in [5.41, 5.74) is 1.46. The molecule has 0 fully saturated rings. The summed E-state index contributed by atoms with van der Waals surface area (Å²) in [6.45, 7) is 3.54. The fourth-order valence-corrected chi connectivity index (χ4v) is 3.37. The minimum atomic E-state index is 0.651. The van der Waals surface area contributed by atoms with Gasteiger partial charge in [0.25, 0.3) is 0 Å². The molecule has 22 heavy (non-hydrogen) atoms. The van der Waals surface area contributed by atoms with Crippen LogP contribution in [0.5, 0.6) is 0 Å². The van der Waals surface area contributed by atoms with Gasteiger partial charge >= 0.3 is 0 Å². The van der Waals surface area contributed by atoms with E-state index >= 15 is 0 Å². The van der Waals surface area contributed by atoms with Crippen LogP contribution in [0.25, 0.3) is 0 Å². The monoisotopic (exact) mass is 313 g/mol. The van der Waals surface area contributed by atoms with Crippen molar-refractivity contribution in [1.29, 1.82) is 0 Å². The molecule has 0 aliphatic heterocycles. The first-order valence-electron chi connectivity index (χ1n) is 8.13. The third-order valence-electron chi connectivity index (χ3n) is 3.92. The zero-order valence-electron chi connectivity index (χ0n) is 14.0. The molecule has 0 saturated heterocycles. The van der Waals surface area contributed by atoms with Gasteiger partial charge in [0.05, 0.1) is 0 Å². The Balaban J connectivity index is 1.83. The molecule has 118 valence electrons. The van der Waals surface area contributed by atoms with E-state index in [1.165, 1.54) is 41.2 Å². The lowest BCUT2D eigenvalue weighted by atomic mass is 9.95. The second-order valence-corrected chi connectivity index (χ2v) is 7.33. The number of benzene rings is 2. The molecule has 2 heteroatoms. The van der Waals surface area contributed by atoms with Crippen molar-refractivity contribution in [2.45, 2.75) is 41.9 Å². The lowest BCUT2D eigenvalue weighted by Crippen LogP contribution is -2.12. The van der Waals surface area contributed by atoms with Crippen molar-refractivity contribution in [2.75, 3.05) is 20.6 Å². The van der Waals surface area contributed by atoms with Crippen LogP contribution in [0, 0.1) is 0 Å². The van der Waals surface area contributed by atoms with Gasteiger partial charge < -0.3 is 4.90 Å². The largest absolute Gasteiger partial charge is 0.309 e. The third kappa shape index (κ3) is 5.86. The van der Waals surface area contributed by atoms with Crippen molar-refractivity contribution in [3.63, 3.8) is 0 Å². The average molecular weight is 314 g/mol. The third-order valence-corrected chi connectivity index (χ3v) is 4.94. The summed E-state index contributed by atoms with van der Waals surface area (Å²) in [4.78, 5) is 4.88. The van der Waals surface area contributed by atoms with E-state index in [-0.39, 0.29) is 0 Å². The highest BCUT2D eigenvalue weighted by Gasteiger charge is 2.06. The molecular formula is C20H27NS. The molecule has 1 atom stereocenters. The van der Waals surface area contributed by atoms with Gasteiger partial charge in [-0.3, -0.25) is 0 Å². The summed E-state index contributed by atoms with van der Waals surface area (Å²) in [7, 11) is 4.29. The first kappa shape index (κ1) is 17.1. The first-order chi connectivity index (χ1) is 10.6. The van der Waals surface area contributed by atoms with Gasteiger partial charge in [-0.25, -0.2) is 0 Å². The Morgan fingerprint density at radius 2 is 1.50 bits per heavy atom. The Morgan fingerprint density at radius 1 is 0.864 bits per heavy atom. The summed E-state index contributed by atoms with van der Waals surface area (Å²) in [5.74, 6) is 0.651. The molecule has 0 spiro atoms. The number of unbranched alkanes of at least 4 members (excludes halogenated alkanes) is 1. The van der Waals surface area contributed by atoms with Crippen LogP contribution in [0.3, 0.4) is 0 Å². The van der Waals surface area contributed by atoms with Crippen molar-refractivity contribution in [2.24, 2.45) is 0 Å². The lowest BCUT2D eigenvalue weighted by Gasteiger charge is -2.14. The van der Waals surface area contributed by atoms with Crippen LogP contribution in [0.15, 0.2) is 64.4 Å². The summed E-state index contributed by atoms with van der Waals surface area (Å²) in [5, 5.41) is 0. The molecule has 0 aliphatic carbocycles. The van der Waals surface area contributed by atoms with E-state index in [0.29, 0.717) is 5.92 Å². The van der Waals surface area contributed by atoms with Crippen LogP contribution < -0.4 is 0 Å². The second-order valence-electron chi connectivity index (χ2n) is 6.18. The van der Waals surface area contributed by atoms with Gasteiger partial charge in [0.1, 0.15) is 0 Å². The van der Waals surface area contributed by atoms with E-state index in [9.17, 15) is 0 Å². The normalized spacial score (nSPS) is 12.5. The SMILES string of the molecule is CC(CCCCN(C)C)c1ccc(Sc2ccccc2)cc1. The molecule has 0 saturated carbocycles. The topological polar surface area (TPSA) is 3.24 Å². The number of hydrogen-bond donors (Lipinski definition) is 0. The van der Waals surface area contributed by atoms with E-state index in [1.54, 1.807) is 0 Å². The highest BCUT2D eigenvalue weighted by molar-refractivity contribution is 7.99. The predicted molar refractivity (Wildman–Crippen MR) is 97.8 cm³/mol. The molecule has 2 rings (SSSR count). The standard InChI is InChI=1S/C20H27NS/c1-17(9-7-8-16-21(2)3)18-12-14-20(15-13-18)22-19-10-5-4-6-11-19/h4-6,10-15,17H,7-9,16H2,1-3H3. The minimum Gasteiger partial charge on any atom is -0.309 e. The van der Waals surface area contributed by atoms with E-state index in [4.69, 9.17) is 0 Å². The molecule has 0 aromatic heterocycles. The average Bonchev–Trinajstić information content (AvgIpc) is 2.53. The van der Waals surface area contributed by atoms with Gasteiger partial charge in [0.15, 0.2) is 0 Å². The van der Waals surface area contributed by atoms with Crippen molar-refractivity contribution in [1.82, 2.24) is 4.90 Å². The minimum absolute atomic E-state index is 0.651. The quantitative estimate of drug-likeness (QED) is 0.577. The molecule has 0 N–H and O–H groups in total. The molecule has 1 unspecified atom stereocenters. The highest BCUT2D eigenvalue weighted by atomic mass is 32.2. The Hall–Kier alpha value is -1.25. The fourth-order valence-electron chi connectivity index (χ4n) is 2.53. The van der Waals surface area contributed by atoms with Gasteiger partial charge in [0, 0.05) is 9.79 Å². The molecule has 0 bridgehead atoms. The summed E-state index contributed by atoms with van der Waals surface area (Å²) in [6.07, 6.45) is 3.87. The summed E-state index contributed by atoms with van der Waals surface area (Å²) >= 11 is 1.83. The van der Waals surface area contributed by atoms with Crippen molar-refractivity contribution in [3.05, 3.63) is 60.2 Å². The summed E-state index contributed by atoms with van der Waals surface area (Å²) in [6, 6.07) is 19.7. The molecular weight excluding hydrogens is 286 g/mol. The molecule has 0 heterocycles. The Bertz CT molecular complexity index is 533. The van der Waals surface area contributed by atoms with Crippen molar-refractivity contribution < 1.29 is 0 Å². The maximum atomic E-state index is 2.34. The van der Waals surface area contributed by atoms with Crippen LogP contribution in [-0.2, 0) is 0 Å². The Kier molecular flexibility index (Phi) is 7.01. The van der Waals surface area contributed by atoms with Crippen LogP contribution >= 0.6 is 11.8 Å².